The number of carbonyl (C=O) groups excluding carboxylic acids is 1. The quantitative estimate of drug-likeness (QED) is 0.504. The Kier molecular flexibility index (Phi) is 5.61. The lowest BCUT2D eigenvalue weighted by Gasteiger charge is -2.09. The number of rotatable bonds is 7. The molecule has 0 spiro atoms. The monoisotopic (exact) mass is 334 g/mol. The van der Waals surface area contributed by atoms with E-state index in [1.807, 2.05) is 0 Å². The van der Waals surface area contributed by atoms with Crippen molar-refractivity contribution in [2.45, 2.75) is 25.5 Å². The number of aromatic nitrogens is 1. The van der Waals surface area contributed by atoms with Gasteiger partial charge in [-0.05, 0) is 18.9 Å². The van der Waals surface area contributed by atoms with Crippen LogP contribution in [0.25, 0.3) is 0 Å². The second kappa shape index (κ2) is 7.66. The second-order valence-electron chi connectivity index (χ2n) is 5.27. The summed E-state index contributed by atoms with van der Waals surface area (Å²) in [5, 5.41) is 22.6. The van der Waals surface area contributed by atoms with Crippen LogP contribution in [0.15, 0.2) is 34.9 Å². The molecule has 1 aromatic heterocycles. The number of nitrogens with one attached hydrogen (secondary N) is 1. The molecule has 2 atom stereocenters. The lowest BCUT2D eigenvalue weighted by Crippen LogP contribution is -2.27. The fraction of sp³-hybridized carbons (Fsp3) is 0.333. The van der Waals surface area contributed by atoms with Crippen molar-refractivity contribution in [2.24, 2.45) is 5.73 Å². The number of amides is 1. The zero-order chi connectivity index (χ0) is 17.7. The molecule has 1 heterocycles. The zero-order valence-electron chi connectivity index (χ0n) is 13.0. The van der Waals surface area contributed by atoms with E-state index in [4.69, 9.17) is 10.2 Å². The Morgan fingerprint density at radius 1 is 1.46 bits per heavy atom. The van der Waals surface area contributed by atoms with Gasteiger partial charge < -0.3 is 20.6 Å². The minimum Gasteiger partial charge on any atom is -0.446 e. The predicted molar refractivity (Wildman–Crippen MR) is 84.2 cm³/mol. The fourth-order valence-electron chi connectivity index (χ4n) is 1.95. The number of carbonyl (C=O) groups is 1. The molecule has 1 amide bonds. The molecule has 0 aliphatic rings. The molecule has 2 rings (SSSR count). The summed E-state index contributed by atoms with van der Waals surface area (Å²) in [6, 6.07) is 5.31. The van der Waals surface area contributed by atoms with Crippen LogP contribution in [0.5, 0.6) is 0 Å². The minimum absolute atomic E-state index is 0.0207. The molecule has 2 unspecified atom stereocenters. The van der Waals surface area contributed by atoms with Crippen LogP contribution >= 0.6 is 0 Å². The van der Waals surface area contributed by atoms with Gasteiger partial charge in [-0.2, -0.15) is 0 Å². The summed E-state index contributed by atoms with van der Waals surface area (Å²) in [5.74, 6) is -0.338. The molecule has 0 bridgehead atoms. The summed E-state index contributed by atoms with van der Waals surface area (Å²) in [4.78, 5) is 26.0. The van der Waals surface area contributed by atoms with Gasteiger partial charge in [-0.3, -0.25) is 14.9 Å². The van der Waals surface area contributed by atoms with Gasteiger partial charge in [-0.15, -0.1) is 0 Å². The van der Waals surface area contributed by atoms with Crippen LogP contribution in [-0.4, -0.2) is 33.6 Å². The highest BCUT2D eigenvalue weighted by Gasteiger charge is 2.20. The Balaban J connectivity index is 1.86. The topological polar surface area (TPSA) is 145 Å². The molecule has 0 aliphatic carbocycles. The first-order chi connectivity index (χ1) is 11.4. The molecular weight excluding hydrogens is 316 g/mol. The van der Waals surface area contributed by atoms with Crippen molar-refractivity contribution in [2.75, 3.05) is 6.54 Å². The van der Waals surface area contributed by atoms with Crippen LogP contribution in [0.3, 0.4) is 0 Å². The van der Waals surface area contributed by atoms with Crippen LogP contribution in [-0.2, 0) is 6.42 Å². The Hall–Kier alpha value is -2.78. The van der Waals surface area contributed by atoms with E-state index in [1.54, 1.807) is 12.1 Å². The lowest BCUT2D eigenvalue weighted by atomic mass is 10.1. The van der Waals surface area contributed by atoms with E-state index < -0.39 is 23.0 Å². The first kappa shape index (κ1) is 17.6. The van der Waals surface area contributed by atoms with Crippen molar-refractivity contribution in [1.82, 2.24) is 10.3 Å². The lowest BCUT2D eigenvalue weighted by molar-refractivity contribution is -0.384. The number of nitrogens with two attached hydrogens (primary N) is 1. The molecule has 1 aromatic carbocycles. The Morgan fingerprint density at radius 3 is 2.71 bits per heavy atom. The molecule has 128 valence electrons. The van der Waals surface area contributed by atoms with Gasteiger partial charge >= 0.3 is 0 Å². The molecule has 24 heavy (non-hydrogen) atoms. The van der Waals surface area contributed by atoms with Crippen LogP contribution in [0.4, 0.5) is 5.69 Å². The first-order valence-corrected chi connectivity index (χ1v) is 7.29. The highest BCUT2D eigenvalue weighted by Crippen LogP contribution is 2.14. The molecular formula is C15H18N4O5. The second-order valence-corrected chi connectivity index (χ2v) is 5.27. The average molecular weight is 334 g/mol. The molecule has 9 heteroatoms. The van der Waals surface area contributed by atoms with Crippen molar-refractivity contribution < 1.29 is 19.2 Å². The van der Waals surface area contributed by atoms with Crippen LogP contribution in [0, 0.1) is 10.1 Å². The molecule has 2 aromatic rings. The molecule has 0 aliphatic heterocycles. The minimum atomic E-state index is -0.846. The van der Waals surface area contributed by atoms with E-state index in [1.165, 1.54) is 25.3 Å². The third kappa shape index (κ3) is 4.37. The fourth-order valence-corrected chi connectivity index (χ4v) is 1.95. The molecule has 0 radical (unpaired) electrons. The average Bonchev–Trinajstić information content (AvgIpc) is 3.04. The van der Waals surface area contributed by atoms with Crippen molar-refractivity contribution >= 4 is 11.6 Å². The number of benzene rings is 1. The smallest absolute Gasteiger partial charge is 0.273 e. The maximum atomic E-state index is 12.0. The summed E-state index contributed by atoms with van der Waals surface area (Å²) >= 11 is 0. The summed E-state index contributed by atoms with van der Waals surface area (Å²) in [5.41, 5.74) is 6.63. The number of nitrogens with zero attached hydrogens (tertiary/aromatic N) is 2. The van der Waals surface area contributed by atoms with E-state index in [0.29, 0.717) is 13.0 Å². The summed E-state index contributed by atoms with van der Waals surface area (Å²) < 4.78 is 5.09. The van der Waals surface area contributed by atoms with Gasteiger partial charge in [0.2, 0.25) is 5.89 Å². The van der Waals surface area contributed by atoms with Crippen molar-refractivity contribution in [3.05, 3.63) is 57.8 Å². The van der Waals surface area contributed by atoms with E-state index in [9.17, 15) is 20.0 Å². The van der Waals surface area contributed by atoms with Gasteiger partial charge in [0, 0.05) is 18.7 Å². The molecule has 0 saturated carbocycles. The van der Waals surface area contributed by atoms with Gasteiger partial charge in [0.15, 0.2) is 5.69 Å². The third-order valence-electron chi connectivity index (χ3n) is 3.41. The summed E-state index contributed by atoms with van der Waals surface area (Å²) in [6.07, 6.45) is 0.849. The highest BCUT2D eigenvalue weighted by molar-refractivity contribution is 5.91. The van der Waals surface area contributed by atoms with Crippen molar-refractivity contribution in [1.29, 1.82) is 0 Å². The van der Waals surface area contributed by atoms with Gasteiger partial charge in [-0.25, -0.2) is 4.98 Å². The number of nitro benzene ring substituents is 1. The van der Waals surface area contributed by atoms with Crippen molar-refractivity contribution in [3.63, 3.8) is 0 Å². The largest absolute Gasteiger partial charge is 0.446 e. The molecule has 0 fully saturated rings. The maximum Gasteiger partial charge on any atom is 0.273 e. The van der Waals surface area contributed by atoms with E-state index in [-0.39, 0.29) is 17.3 Å². The third-order valence-corrected chi connectivity index (χ3v) is 3.41. The number of hydrogen-bond acceptors (Lipinski definition) is 7. The number of oxazole rings is 1. The van der Waals surface area contributed by atoms with Crippen molar-refractivity contribution in [3.8, 4) is 0 Å². The standard InChI is InChI=1S/C15H18N4O5/c1-9(20)13(16)15-18-12(8-24-15)14(21)17-7-6-10-2-4-11(5-3-10)19(22)23/h2-5,8-9,13,20H,6-7,16H2,1H3,(H,17,21). The normalized spacial score (nSPS) is 13.3. The first-order valence-electron chi connectivity index (χ1n) is 7.29. The number of aliphatic hydroxyl groups is 1. The van der Waals surface area contributed by atoms with Gasteiger partial charge in [0.1, 0.15) is 12.3 Å². The highest BCUT2D eigenvalue weighted by atomic mass is 16.6. The Bertz CT molecular complexity index is 711. The number of nitro groups is 1. The van der Waals surface area contributed by atoms with Crippen LogP contribution < -0.4 is 11.1 Å². The molecule has 4 N–H and O–H groups in total. The van der Waals surface area contributed by atoms with Gasteiger partial charge in [0.05, 0.1) is 11.0 Å². The SMILES string of the molecule is CC(O)C(N)c1nc(C(=O)NCCc2ccc([N+](=O)[O-])cc2)co1. The summed E-state index contributed by atoms with van der Waals surface area (Å²) in [6.45, 7) is 1.83. The summed E-state index contributed by atoms with van der Waals surface area (Å²) in [7, 11) is 0. The Morgan fingerprint density at radius 2 is 2.12 bits per heavy atom. The van der Waals surface area contributed by atoms with Gasteiger partial charge in [-0.1, -0.05) is 12.1 Å². The van der Waals surface area contributed by atoms with E-state index in [2.05, 4.69) is 10.3 Å². The Labute approximate surface area is 137 Å². The molecule has 0 saturated heterocycles. The van der Waals surface area contributed by atoms with E-state index >= 15 is 0 Å². The zero-order valence-corrected chi connectivity index (χ0v) is 13.0. The van der Waals surface area contributed by atoms with Crippen LogP contribution in [0.1, 0.15) is 34.9 Å². The number of hydrogen-bond donors (Lipinski definition) is 3. The maximum absolute atomic E-state index is 12.0. The number of non-ortho nitro benzene ring substituents is 1. The van der Waals surface area contributed by atoms with Crippen LogP contribution in [0.2, 0.25) is 0 Å². The van der Waals surface area contributed by atoms with E-state index in [0.717, 1.165) is 5.56 Å². The number of aliphatic hydroxyl groups excluding tert-OH is 1. The molecule has 9 nitrogen and oxygen atoms in total. The van der Waals surface area contributed by atoms with Gasteiger partial charge in [0.25, 0.3) is 11.6 Å². The predicted octanol–water partition coefficient (Wildman–Crippen LogP) is 0.936.